The van der Waals surface area contributed by atoms with E-state index in [0.717, 1.165) is 5.56 Å². The lowest BCUT2D eigenvalue weighted by molar-refractivity contribution is -0.158. The Morgan fingerprint density at radius 2 is 2.00 bits per heavy atom. The fourth-order valence-corrected chi connectivity index (χ4v) is 3.29. The maximum atomic E-state index is 12.6. The van der Waals surface area contributed by atoms with Gasteiger partial charge in [-0.15, -0.1) is 0 Å². The SMILES string of the molecule is CC(OC(=O)C(C)(C)C)c1cc(C(=O)N[C@@H](C)Cn2ccc(-c3ccc(C#N)c(Cl)c3)n2)[nH]n1. The molecule has 2 heterocycles. The molecule has 3 aromatic rings. The van der Waals surface area contributed by atoms with E-state index in [9.17, 15) is 9.59 Å². The molecule has 2 aromatic heterocycles. The molecule has 0 aliphatic carbocycles. The highest BCUT2D eigenvalue weighted by Gasteiger charge is 2.26. The normalized spacial score (nSPS) is 13.1. The molecule has 0 bridgehead atoms. The number of aromatic nitrogens is 4. The van der Waals surface area contributed by atoms with Crippen LogP contribution in [0.5, 0.6) is 0 Å². The van der Waals surface area contributed by atoms with Crippen molar-refractivity contribution in [2.24, 2.45) is 5.41 Å². The number of carbonyl (C=O) groups is 2. The second kappa shape index (κ2) is 10.1. The molecule has 2 atom stereocenters. The summed E-state index contributed by atoms with van der Waals surface area (Å²) in [5.41, 5.74) is 2.03. The van der Waals surface area contributed by atoms with Gasteiger partial charge in [0.25, 0.3) is 5.91 Å². The molecule has 10 heteroatoms. The Balaban J connectivity index is 1.58. The van der Waals surface area contributed by atoms with Crippen LogP contribution >= 0.6 is 11.6 Å². The monoisotopic (exact) mass is 482 g/mol. The van der Waals surface area contributed by atoms with Crippen molar-refractivity contribution in [3.05, 3.63) is 58.5 Å². The Morgan fingerprint density at radius 1 is 1.26 bits per heavy atom. The molecule has 178 valence electrons. The number of rotatable bonds is 7. The van der Waals surface area contributed by atoms with E-state index in [2.05, 4.69) is 20.6 Å². The smallest absolute Gasteiger partial charge is 0.311 e. The summed E-state index contributed by atoms with van der Waals surface area (Å²) in [7, 11) is 0. The van der Waals surface area contributed by atoms with Gasteiger partial charge in [-0.05, 0) is 58.9 Å². The lowest BCUT2D eigenvalue weighted by Gasteiger charge is -2.19. The first-order valence-electron chi connectivity index (χ1n) is 10.8. The molecule has 9 nitrogen and oxygen atoms in total. The Morgan fingerprint density at radius 3 is 2.65 bits per heavy atom. The number of hydrogen-bond acceptors (Lipinski definition) is 6. The predicted octanol–water partition coefficient (Wildman–Crippen LogP) is 4.27. The van der Waals surface area contributed by atoms with Gasteiger partial charge in [-0.25, -0.2) is 0 Å². The molecule has 34 heavy (non-hydrogen) atoms. The molecule has 0 aliphatic heterocycles. The summed E-state index contributed by atoms with van der Waals surface area (Å²) in [4.78, 5) is 24.7. The van der Waals surface area contributed by atoms with Crippen LogP contribution in [0.25, 0.3) is 11.3 Å². The van der Waals surface area contributed by atoms with Crippen molar-refractivity contribution >= 4 is 23.5 Å². The average molecular weight is 483 g/mol. The van der Waals surface area contributed by atoms with E-state index in [1.54, 1.807) is 56.6 Å². The highest BCUT2D eigenvalue weighted by Crippen LogP contribution is 2.24. The van der Waals surface area contributed by atoms with Crippen molar-refractivity contribution in [1.29, 1.82) is 5.26 Å². The van der Waals surface area contributed by atoms with Crippen LogP contribution in [-0.2, 0) is 16.1 Å². The number of nitrogens with zero attached hydrogens (tertiary/aromatic N) is 4. The summed E-state index contributed by atoms with van der Waals surface area (Å²) in [5, 5.41) is 23.6. The largest absolute Gasteiger partial charge is 0.456 e. The van der Waals surface area contributed by atoms with Gasteiger partial charge >= 0.3 is 5.97 Å². The number of carbonyl (C=O) groups excluding carboxylic acids is 2. The molecule has 1 aromatic carbocycles. The van der Waals surface area contributed by atoms with Gasteiger partial charge in [-0.1, -0.05) is 17.7 Å². The minimum absolute atomic E-state index is 0.229. The van der Waals surface area contributed by atoms with Gasteiger partial charge in [-0.3, -0.25) is 19.4 Å². The van der Waals surface area contributed by atoms with E-state index >= 15 is 0 Å². The van der Waals surface area contributed by atoms with Crippen molar-refractivity contribution in [2.75, 3.05) is 0 Å². The highest BCUT2D eigenvalue weighted by molar-refractivity contribution is 6.32. The van der Waals surface area contributed by atoms with E-state index in [1.807, 2.05) is 25.3 Å². The molecular formula is C24H27ClN6O3. The second-order valence-electron chi connectivity index (χ2n) is 9.11. The van der Waals surface area contributed by atoms with E-state index in [0.29, 0.717) is 28.5 Å². The number of ether oxygens (including phenoxy) is 1. The predicted molar refractivity (Wildman–Crippen MR) is 127 cm³/mol. The number of aromatic amines is 1. The maximum Gasteiger partial charge on any atom is 0.311 e. The van der Waals surface area contributed by atoms with Crippen molar-refractivity contribution in [3.8, 4) is 17.3 Å². The molecule has 0 fully saturated rings. The minimum Gasteiger partial charge on any atom is -0.456 e. The van der Waals surface area contributed by atoms with Gasteiger partial charge in [0.1, 0.15) is 23.6 Å². The fraction of sp³-hybridized carbons (Fsp3) is 0.375. The van der Waals surface area contributed by atoms with Gasteiger partial charge in [0.2, 0.25) is 0 Å². The average Bonchev–Trinajstić information content (AvgIpc) is 3.43. The second-order valence-corrected chi connectivity index (χ2v) is 9.52. The maximum absolute atomic E-state index is 12.6. The molecule has 0 radical (unpaired) electrons. The number of benzene rings is 1. The van der Waals surface area contributed by atoms with Gasteiger partial charge in [0.05, 0.1) is 28.2 Å². The first-order valence-corrected chi connectivity index (χ1v) is 11.2. The number of hydrogen-bond donors (Lipinski definition) is 2. The van der Waals surface area contributed by atoms with Crippen molar-refractivity contribution < 1.29 is 14.3 Å². The summed E-state index contributed by atoms with van der Waals surface area (Å²) in [6.45, 7) is 9.33. The lowest BCUT2D eigenvalue weighted by atomic mass is 9.97. The van der Waals surface area contributed by atoms with Crippen LogP contribution in [0.4, 0.5) is 0 Å². The molecule has 3 rings (SSSR count). The topological polar surface area (TPSA) is 126 Å². The molecular weight excluding hydrogens is 456 g/mol. The zero-order chi connectivity index (χ0) is 25.0. The molecule has 0 aliphatic rings. The van der Waals surface area contributed by atoms with Crippen LogP contribution in [0.1, 0.15) is 62.5 Å². The Kier molecular flexibility index (Phi) is 7.42. The number of amides is 1. The lowest BCUT2D eigenvalue weighted by Crippen LogP contribution is -2.36. The summed E-state index contributed by atoms with van der Waals surface area (Å²) in [6.07, 6.45) is 1.23. The summed E-state index contributed by atoms with van der Waals surface area (Å²) in [6, 6.07) is 10.4. The van der Waals surface area contributed by atoms with Crippen LogP contribution in [0.2, 0.25) is 5.02 Å². The molecule has 0 saturated heterocycles. The highest BCUT2D eigenvalue weighted by atomic mass is 35.5. The van der Waals surface area contributed by atoms with Crippen molar-refractivity contribution in [2.45, 2.75) is 53.3 Å². The summed E-state index contributed by atoms with van der Waals surface area (Å²) >= 11 is 6.11. The zero-order valence-corrected chi connectivity index (χ0v) is 20.5. The first kappa shape index (κ1) is 25.0. The van der Waals surface area contributed by atoms with Crippen LogP contribution in [0, 0.1) is 16.7 Å². The third-order valence-electron chi connectivity index (χ3n) is 5.02. The standard InChI is InChI=1S/C24H27ClN6O3/c1-14(13-31-9-8-19(30-31)16-6-7-17(12-26)18(25)10-16)27-22(32)21-11-20(28-29-21)15(2)34-23(33)24(3,4)5/h6-11,14-15H,13H2,1-5H3,(H,27,32)(H,28,29)/t14-,15?/m0/s1. The Hall–Kier alpha value is -3.64. The fourth-order valence-electron chi connectivity index (χ4n) is 3.07. The van der Waals surface area contributed by atoms with Gasteiger partial charge in [-0.2, -0.15) is 15.5 Å². The van der Waals surface area contributed by atoms with Crippen LogP contribution in [0.15, 0.2) is 36.5 Å². The molecule has 2 N–H and O–H groups in total. The van der Waals surface area contributed by atoms with Crippen molar-refractivity contribution in [1.82, 2.24) is 25.3 Å². The minimum atomic E-state index is -0.626. The third kappa shape index (κ3) is 6.02. The zero-order valence-electron chi connectivity index (χ0n) is 19.7. The van der Waals surface area contributed by atoms with Gasteiger partial charge in [0, 0.05) is 17.8 Å². The number of halogens is 1. The molecule has 0 spiro atoms. The third-order valence-corrected chi connectivity index (χ3v) is 5.33. The van der Waals surface area contributed by atoms with E-state index in [-0.39, 0.29) is 23.6 Å². The van der Waals surface area contributed by atoms with Crippen LogP contribution < -0.4 is 5.32 Å². The first-order chi connectivity index (χ1) is 16.0. The van der Waals surface area contributed by atoms with E-state index in [4.69, 9.17) is 21.6 Å². The Labute approximate surface area is 203 Å². The molecule has 0 saturated carbocycles. The number of nitriles is 1. The Bertz CT molecular complexity index is 1230. The molecule has 1 unspecified atom stereocenters. The number of esters is 1. The summed E-state index contributed by atoms with van der Waals surface area (Å²) in [5.74, 6) is -0.670. The summed E-state index contributed by atoms with van der Waals surface area (Å²) < 4.78 is 7.15. The van der Waals surface area contributed by atoms with E-state index in [1.165, 1.54) is 0 Å². The van der Waals surface area contributed by atoms with Crippen LogP contribution in [0.3, 0.4) is 0 Å². The van der Waals surface area contributed by atoms with Gasteiger partial charge in [0.15, 0.2) is 0 Å². The van der Waals surface area contributed by atoms with Gasteiger partial charge < -0.3 is 10.1 Å². The van der Waals surface area contributed by atoms with Crippen LogP contribution in [-0.4, -0.2) is 37.9 Å². The quantitative estimate of drug-likeness (QED) is 0.484. The molecule has 1 amide bonds. The number of nitrogens with one attached hydrogen (secondary N) is 2. The van der Waals surface area contributed by atoms with Crippen molar-refractivity contribution in [3.63, 3.8) is 0 Å². The van der Waals surface area contributed by atoms with E-state index < -0.39 is 11.5 Å². The number of H-pyrrole nitrogens is 1.